The van der Waals surface area contributed by atoms with Crippen LogP contribution in [-0.2, 0) is 4.74 Å². The van der Waals surface area contributed by atoms with Gasteiger partial charge >= 0.3 is 0 Å². The summed E-state index contributed by atoms with van der Waals surface area (Å²) in [5, 5.41) is 12.0. The van der Waals surface area contributed by atoms with Gasteiger partial charge in [-0.25, -0.2) is 0 Å². The summed E-state index contributed by atoms with van der Waals surface area (Å²) in [6.45, 7) is 3.99. The summed E-state index contributed by atoms with van der Waals surface area (Å²) in [5.74, 6) is 0.638. The zero-order valence-electron chi connectivity index (χ0n) is 15.7. The molecule has 146 valence electrons. The molecular weight excluding hydrogens is 346 g/mol. The van der Waals surface area contributed by atoms with Crippen LogP contribution in [0.2, 0.25) is 0 Å². The number of rotatable bonds is 4. The molecule has 1 amide bonds. The topological polar surface area (TPSA) is 78.0 Å². The second-order valence-electron chi connectivity index (χ2n) is 7.62. The third kappa shape index (κ3) is 3.95. The van der Waals surface area contributed by atoms with Gasteiger partial charge in [0.1, 0.15) is 17.0 Å². The number of carbonyl (C=O) groups is 1. The maximum Gasteiger partial charge on any atom is 0.270 e. The molecule has 0 saturated carbocycles. The minimum Gasteiger partial charge on any atom is -0.497 e. The van der Waals surface area contributed by atoms with Crippen molar-refractivity contribution in [2.75, 3.05) is 53.0 Å². The minimum absolute atomic E-state index is 0.115. The van der Waals surface area contributed by atoms with Crippen LogP contribution in [0.4, 0.5) is 0 Å². The summed E-state index contributed by atoms with van der Waals surface area (Å²) in [6, 6.07) is 7.51. The summed E-state index contributed by atoms with van der Waals surface area (Å²) in [4.78, 5) is 20.2. The fourth-order valence-corrected chi connectivity index (χ4v) is 4.07. The van der Waals surface area contributed by atoms with Crippen molar-refractivity contribution in [1.82, 2.24) is 14.8 Å². The van der Waals surface area contributed by atoms with E-state index in [1.165, 1.54) is 0 Å². The first-order chi connectivity index (χ1) is 13.1. The van der Waals surface area contributed by atoms with E-state index in [2.05, 4.69) is 9.88 Å². The zero-order chi connectivity index (χ0) is 18.9. The molecule has 2 aliphatic rings. The molecule has 4 rings (SSSR count). The van der Waals surface area contributed by atoms with E-state index in [-0.39, 0.29) is 19.1 Å². The van der Waals surface area contributed by atoms with Crippen molar-refractivity contribution >= 4 is 16.8 Å². The van der Waals surface area contributed by atoms with Crippen molar-refractivity contribution < 1.29 is 19.4 Å². The highest BCUT2D eigenvalue weighted by Gasteiger charge is 2.37. The van der Waals surface area contributed by atoms with Crippen molar-refractivity contribution in [1.29, 1.82) is 0 Å². The summed E-state index contributed by atoms with van der Waals surface area (Å²) >= 11 is 0. The first kappa shape index (κ1) is 18.3. The lowest BCUT2D eigenvalue weighted by Gasteiger charge is -2.33. The molecule has 7 nitrogen and oxygen atoms in total. The van der Waals surface area contributed by atoms with Gasteiger partial charge in [0.25, 0.3) is 5.91 Å². The molecule has 0 bridgehead atoms. The standard InChI is InChI=1S/C20H27N3O4/c1-26-16-4-5-17-15(10-16)11-18(21-17)19(24)23-8-9-27-14-20(25,13-23)12-22-6-2-3-7-22/h4-5,10-11,21,25H,2-3,6-9,12-14H2,1H3/t20-/m0/s1. The molecule has 0 unspecified atom stereocenters. The van der Waals surface area contributed by atoms with Gasteiger partial charge in [0, 0.05) is 24.0 Å². The van der Waals surface area contributed by atoms with Gasteiger partial charge in [-0.2, -0.15) is 0 Å². The number of ether oxygens (including phenoxy) is 2. The number of aromatic nitrogens is 1. The Bertz CT molecular complexity index is 815. The van der Waals surface area contributed by atoms with E-state index in [9.17, 15) is 9.90 Å². The number of methoxy groups -OCH3 is 1. The van der Waals surface area contributed by atoms with Crippen molar-refractivity contribution in [3.8, 4) is 5.75 Å². The summed E-state index contributed by atoms with van der Waals surface area (Å²) in [5.41, 5.74) is 0.368. The Morgan fingerprint density at radius 2 is 2.11 bits per heavy atom. The Morgan fingerprint density at radius 1 is 1.30 bits per heavy atom. The summed E-state index contributed by atoms with van der Waals surface area (Å²) in [6.07, 6.45) is 2.33. The molecular formula is C20H27N3O4. The number of carbonyl (C=O) groups excluding carboxylic acids is 1. The van der Waals surface area contributed by atoms with Crippen LogP contribution in [0, 0.1) is 0 Å². The number of nitrogens with one attached hydrogen (secondary N) is 1. The van der Waals surface area contributed by atoms with Crippen LogP contribution in [0.3, 0.4) is 0 Å². The van der Waals surface area contributed by atoms with Crippen molar-refractivity contribution in [3.05, 3.63) is 30.0 Å². The van der Waals surface area contributed by atoms with E-state index >= 15 is 0 Å². The molecule has 2 N–H and O–H groups in total. The highest BCUT2D eigenvalue weighted by Crippen LogP contribution is 2.23. The molecule has 27 heavy (non-hydrogen) atoms. The highest BCUT2D eigenvalue weighted by atomic mass is 16.5. The Morgan fingerprint density at radius 3 is 2.89 bits per heavy atom. The number of fused-ring (bicyclic) bond motifs is 1. The third-order valence-electron chi connectivity index (χ3n) is 5.42. The van der Waals surface area contributed by atoms with E-state index in [4.69, 9.17) is 9.47 Å². The van der Waals surface area contributed by atoms with Crippen molar-refractivity contribution in [2.24, 2.45) is 0 Å². The number of amides is 1. The van der Waals surface area contributed by atoms with Crippen LogP contribution in [0.15, 0.2) is 24.3 Å². The Kier molecular flexibility index (Phi) is 5.08. The number of aliphatic hydroxyl groups is 1. The molecule has 1 atom stereocenters. The average Bonchev–Trinajstić information content (AvgIpc) is 3.27. The van der Waals surface area contributed by atoms with Gasteiger partial charge in [-0.05, 0) is 50.2 Å². The highest BCUT2D eigenvalue weighted by molar-refractivity contribution is 5.98. The molecule has 1 aromatic carbocycles. The van der Waals surface area contributed by atoms with Crippen molar-refractivity contribution in [2.45, 2.75) is 18.4 Å². The molecule has 3 heterocycles. The van der Waals surface area contributed by atoms with Crippen LogP contribution < -0.4 is 4.74 Å². The summed E-state index contributed by atoms with van der Waals surface area (Å²) < 4.78 is 10.9. The van der Waals surface area contributed by atoms with E-state index < -0.39 is 5.60 Å². The Hall–Kier alpha value is -2.09. The van der Waals surface area contributed by atoms with Gasteiger partial charge in [-0.1, -0.05) is 0 Å². The number of β-amino-alcohol motifs (C(OH)–C–C–N with tert-alkyl or cyclic N) is 1. The van der Waals surface area contributed by atoms with Crippen molar-refractivity contribution in [3.63, 3.8) is 0 Å². The van der Waals surface area contributed by atoms with Gasteiger partial charge in [0.05, 0.1) is 26.9 Å². The lowest BCUT2D eigenvalue weighted by molar-refractivity contribution is -0.0524. The van der Waals surface area contributed by atoms with Gasteiger partial charge in [0.15, 0.2) is 0 Å². The largest absolute Gasteiger partial charge is 0.497 e. The lowest BCUT2D eigenvalue weighted by atomic mass is 10.0. The molecule has 2 fully saturated rings. The van der Waals surface area contributed by atoms with Gasteiger partial charge < -0.3 is 29.4 Å². The van der Waals surface area contributed by atoms with E-state index in [1.807, 2.05) is 24.3 Å². The smallest absolute Gasteiger partial charge is 0.270 e. The van der Waals surface area contributed by atoms with Gasteiger partial charge in [-0.15, -0.1) is 0 Å². The lowest BCUT2D eigenvalue weighted by Crippen LogP contribution is -2.53. The molecule has 1 aromatic heterocycles. The van der Waals surface area contributed by atoms with Crippen LogP contribution in [0.5, 0.6) is 5.75 Å². The third-order valence-corrected chi connectivity index (χ3v) is 5.42. The van der Waals surface area contributed by atoms with E-state index in [0.29, 0.717) is 25.4 Å². The fraction of sp³-hybridized carbons (Fsp3) is 0.550. The molecule has 2 aliphatic heterocycles. The predicted molar refractivity (Wildman–Crippen MR) is 102 cm³/mol. The Labute approximate surface area is 158 Å². The van der Waals surface area contributed by atoms with Gasteiger partial charge in [0.2, 0.25) is 0 Å². The molecule has 7 heteroatoms. The predicted octanol–water partition coefficient (Wildman–Crippen LogP) is 1.48. The first-order valence-electron chi connectivity index (χ1n) is 9.55. The maximum atomic E-state index is 13.1. The second-order valence-corrected chi connectivity index (χ2v) is 7.62. The minimum atomic E-state index is -1.04. The number of hydrogen-bond acceptors (Lipinski definition) is 5. The quantitative estimate of drug-likeness (QED) is 0.849. The van der Waals surface area contributed by atoms with Gasteiger partial charge in [-0.3, -0.25) is 4.79 Å². The molecule has 2 saturated heterocycles. The number of benzene rings is 1. The molecule has 0 radical (unpaired) electrons. The molecule has 0 spiro atoms. The normalized spacial score (nSPS) is 24.3. The molecule has 0 aliphatic carbocycles. The SMILES string of the molecule is COc1ccc2[nH]c(C(=O)N3CCOC[C@](O)(CN4CCCC4)C3)cc2c1. The number of H-pyrrole nitrogens is 1. The number of hydrogen-bond donors (Lipinski definition) is 2. The number of aromatic amines is 1. The first-order valence-corrected chi connectivity index (χ1v) is 9.55. The van der Waals surface area contributed by atoms with Crippen LogP contribution in [-0.4, -0.2) is 84.4 Å². The monoisotopic (exact) mass is 373 g/mol. The Balaban J connectivity index is 1.52. The maximum absolute atomic E-state index is 13.1. The number of nitrogens with zero attached hydrogens (tertiary/aromatic N) is 2. The summed E-state index contributed by atoms with van der Waals surface area (Å²) in [7, 11) is 1.62. The van der Waals surface area contributed by atoms with Crippen LogP contribution >= 0.6 is 0 Å². The zero-order valence-corrected chi connectivity index (χ0v) is 15.7. The van der Waals surface area contributed by atoms with E-state index in [1.54, 1.807) is 12.0 Å². The van der Waals surface area contributed by atoms with Crippen LogP contribution in [0.1, 0.15) is 23.3 Å². The van der Waals surface area contributed by atoms with E-state index in [0.717, 1.165) is 42.6 Å². The fourth-order valence-electron chi connectivity index (χ4n) is 4.07. The molecule has 2 aromatic rings. The second kappa shape index (κ2) is 7.50. The average molecular weight is 373 g/mol. The number of likely N-dealkylation sites (tertiary alicyclic amines) is 1. The van der Waals surface area contributed by atoms with Crippen LogP contribution in [0.25, 0.3) is 10.9 Å².